The van der Waals surface area contributed by atoms with Gasteiger partial charge in [-0.15, -0.1) is 0 Å². The minimum atomic E-state index is -1.22. The van der Waals surface area contributed by atoms with Gasteiger partial charge in [0.25, 0.3) is 0 Å². The van der Waals surface area contributed by atoms with Crippen LogP contribution in [0.2, 0.25) is 0 Å². The molecule has 4 nitrogen and oxygen atoms in total. The van der Waals surface area contributed by atoms with Gasteiger partial charge in [-0.1, -0.05) is 39.0 Å². The molecular formula is C11H18O4. The van der Waals surface area contributed by atoms with Crippen molar-refractivity contribution in [3.05, 3.63) is 0 Å². The summed E-state index contributed by atoms with van der Waals surface area (Å²) in [5.41, 5.74) is 0. The SMILES string of the molecule is CCC(C1CCCC1)C(C(=O)O)C(=O)O. The Balaban J connectivity index is 2.77. The predicted octanol–water partition coefficient (Wildman–Crippen LogP) is 1.99. The largest absolute Gasteiger partial charge is 0.481 e. The van der Waals surface area contributed by atoms with Crippen molar-refractivity contribution in [2.45, 2.75) is 39.0 Å². The molecule has 4 heteroatoms. The molecule has 86 valence electrons. The van der Waals surface area contributed by atoms with Gasteiger partial charge in [-0.25, -0.2) is 0 Å². The molecule has 1 unspecified atom stereocenters. The molecule has 0 bridgehead atoms. The number of carboxylic acids is 2. The summed E-state index contributed by atoms with van der Waals surface area (Å²) in [6.45, 7) is 1.88. The maximum Gasteiger partial charge on any atom is 0.318 e. The standard InChI is InChI=1S/C11H18O4/c1-2-8(7-5-3-4-6-7)9(10(12)13)11(14)15/h7-9H,2-6H2,1H3,(H,12,13)(H,14,15). The van der Waals surface area contributed by atoms with Crippen molar-refractivity contribution in [1.29, 1.82) is 0 Å². The molecule has 15 heavy (non-hydrogen) atoms. The van der Waals surface area contributed by atoms with E-state index in [2.05, 4.69) is 0 Å². The van der Waals surface area contributed by atoms with Crippen LogP contribution < -0.4 is 0 Å². The molecule has 0 radical (unpaired) electrons. The summed E-state index contributed by atoms with van der Waals surface area (Å²) in [6.07, 6.45) is 4.80. The monoisotopic (exact) mass is 214 g/mol. The van der Waals surface area contributed by atoms with E-state index in [4.69, 9.17) is 10.2 Å². The molecule has 0 spiro atoms. The number of aliphatic carboxylic acids is 2. The molecule has 1 atom stereocenters. The summed E-state index contributed by atoms with van der Waals surface area (Å²) < 4.78 is 0. The van der Waals surface area contributed by atoms with Crippen LogP contribution in [0.3, 0.4) is 0 Å². The average molecular weight is 214 g/mol. The molecule has 0 saturated heterocycles. The van der Waals surface area contributed by atoms with E-state index in [-0.39, 0.29) is 11.8 Å². The molecule has 1 aliphatic carbocycles. The Hall–Kier alpha value is -1.06. The third kappa shape index (κ3) is 2.70. The van der Waals surface area contributed by atoms with Crippen LogP contribution >= 0.6 is 0 Å². The number of rotatable bonds is 5. The Kier molecular flexibility index (Phi) is 4.12. The van der Waals surface area contributed by atoms with Crippen LogP contribution in [-0.4, -0.2) is 22.2 Å². The first-order chi connectivity index (χ1) is 7.07. The summed E-state index contributed by atoms with van der Waals surface area (Å²) in [6, 6.07) is 0. The Bertz CT molecular complexity index is 229. The van der Waals surface area contributed by atoms with Crippen molar-refractivity contribution in [3.8, 4) is 0 Å². The van der Waals surface area contributed by atoms with Crippen LogP contribution in [0.5, 0.6) is 0 Å². The molecule has 1 aliphatic rings. The summed E-state index contributed by atoms with van der Waals surface area (Å²) in [7, 11) is 0. The van der Waals surface area contributed by atoms with Crippen LogP contribution in [0.4, 0.5) is 0 Å². The predicted molar refractivity (Wildman–Crippen MR) is 54.5 cm³/mol. The molecule has 0 aliphatic heterocycles. The van der Waals surface area contributed by atoms with E-state index in [1.807, 2.05) is 6.92 Å². The summed E-state index contributed by atoms with van der Waals surface area (Å²) in [4.78, 5) is 21.8. The molecule has 1 rings (SSSR count). The van der Waals surface area contributed by atoms with Crippen molar-refractivity contribution in [2.24, 2.45) is 17.8 Å². The van der Waals surface area contributed by atoms with E-state index in [1.54, 1.807) is 0 Å². The zero-order valence-electron chi connectivity index (χ0n) is 8.98. The first kappa shape index (κ1) is 12.0. The second-order valence-electron chi connectivity index (χ2n) is 4.27. The lowest BCUT2D eigenvalue weighted by Gasteiger charge is -2.25. The van der Waals surface area contributed by atoms with Gasteiger partial charge in [0.15, 0.2) is 5.92 Å². The van der Waals surface area contributed by atoms with E-state index in [0.717, 1.165) is 25.7 Å². The first-order valence-corrected chi connectivity index (χ1v) is 5.53. The number of hydrogen-bond acceptors (Lipinski definition) is 2. The van der Waals surface area contributed by atoms with Gasteiger partial charge in [-0.2, -0.15) is 0 Å². The first-order valence-electron chi connectivity index (χ1n) is 5.53. The highest BCUT2D eigenvalue weighted by Gasteiger charge is 2.39. The van der Waals surface area contributed by atoms with Gasteiger partial charge in [0.2, 0.25) is 0 Å². The van der Waals surface area contributed by atoms with Crippen LogP contribution in [0.25, 0.3) is 0 Å². The minimum Gasteiger partial charge on any atom is -0.481 e. The molecular weight excluding hydrogens is 196 g/mol. The van der Waals surface area contributed by atoms with E-state index >= 15 is 0 Å². The van der Waals surface area contributed by atoms with Gasteiger partial charge in [0.05, 0.1) is 0 Å². The molecule has 0 aromatic heterocycles. The van der Waals surface area contributed by atoms with Crippen molar-refractivity contribution in [1.82, 2.24) is 0 Å². The van der Waals surface area contributed by atoms with Gasteiger partial charge in [0.1, 0.15) is 0 Å². The fourth-order valence-electron chi connectivity index (χ4n) is 2.70. The Morgan fingerprint density at radius 3 is 2.00 bits per heavy atom. The van der Waals surface area contributed by atoms with Gasteiger partial charge in [0, 0.05) is 0 Å². The molecule has 0 heterocycles. The summed E-state index contributed by atoms with van der Waals surface area (Å²) in [5, 5.41) is 17.8. The zero-order valence-corrected chi connectivity index (χ0v) is 8.98. The average Bonchev–Trinajstić information content (AvgIpc) is 2.64. The second-order valence-corrected chi connectivity index (χ2v) is 4.27. The van der Waals surface area contributed by atoms with Crippen LogP contribution in [0, 0.1) is 17.8 Å². The third-order valence-corrected chi connectivity index (χ3v) is 3.44. The third-order valence-electron chi connectivity index (χ3n) is 3.44. The minimum absolute atomic E-state index is 0.206. The molecule has 0 aromatic carbocycles. The van der Waals surface area contributed by atoms with Gasteiger partial charge in [-0.05, 0) is 11.8 Å². The van der Waals surface area contributed by atoms with Gasteiger partial charge < -0.3 is 10.2 Å². The van der Waals surface area contributed by atoms with Crippen LogP contribution in [0.1, 0.15) is 39.0 Å². The van der Waals surface area contributed by atoms with E-state index in [9.17, 15) is 9.59 Å². The molecule has 2 N–H and O–H groups in total. The molecule has 1 saturated carbocycles. The smallest absolute Gasteiger partial charge is 0.318 e. The molecule has 0 amide bonds. The normalized spacial score (nSPS) is 19.3. The van der Waals surface area contributed by atoms with E-state index in [1.165, 1.54) is 0 Å². The van der Waals surface area contributed by atoms with Crippen molar-refractivity contribution in [3.63, 3.8) is 0 Å². The lowest BCUT2D eigenvalue weighted by molar-refractivity contribution is -0.158. The Morgan fingerprint density at radius 2 is 1.67 bits per heavy atom. The second kappa shape index (κ2) is 5.14. The summed E-state index contributed by atoms with van der Waals surface area (Å²) >= 11 is 0. The Labute approximate surface area is 89.3 Å². The van der Waals surface area contributed by atoms with Gasteiger partial charge in [-0.3, -0.25) is 9.59 Å². The van der Waals surface area contributed by atoms with Crippen molar-refractivity contribution < 1.29 is 19.8 Å². The van der Waals surface area contributed by atoms with Crippen LogP contribution in [-0.2, 0) is 9.59 Å². The number of hydrogen-bond donors (Lipinski definition) is 2. The maximum atomic E-state index is 10.9. The fraction of sp³-hybridized carbons (Fsp3) is 0.818. The fourth-order valence-corrected chi connectivity index (χ4v) is 2.70. The van der Waals surface area contributed by atoms with Crippen LogP contribution in [0.15, 0.2) is 0 Å². The molecule has 0 aromatic rings. The maximum absolute atomic E-state index is 10.9. The zero-order chi connectivity index (χ0) is 11.4. The quantitative estimate of drug-likeness (QED) is 0.686. The van der Waals surface area contributed by atoms with Crippen molar-refractivity contribution >= 4 is 11.9 Å². The van der Waals surface area contributed by atoms with Crippen molar-refractivity contribution in [2.75, 3.05) is 0 Å². The summed E-state index contributed by atoms with van der Waals surface area (Å²) in [5.74, 6) is -3.53. The highest BCUT2D eigenvalue weighted by Crippen LogP contribution is 2.37. The van der Waals surface area contributed by atoms with Gasteiger partial charge >= 0.3 is 11.9 Å². The van der Waals surface area contributed by atoms with E-state index in [0.29, 0.717) is 6.42 Å². The highest BCUT2D eigenvalue weighted by atomic mass is 16.4. The number of carboxylic acid groups (broad SMARTS) is 2. The highest BCUT2D eigenvalue weighted by molar-refractivity contribution is 5.93. The number of carbonyl (C=O) groups is 2. The lowest BCUT2D eigenvalue weighted by atomic mass is 9.79. The topological polar surface area (TPSA) is 74.6 Å². The lowest BCUT2D eigenvalue weighted by Crippen LogP contribution is -2.34. The van der Waals surface area contributed by atoms with E-state index < -0.39 is 17.9 Å². The Morgan fingerprint density at radius 1 is 1.20 bits per heavy atom. The molecule has 1 fully saturated rings.